The van der Waals surface area contributed by atoms with E-state index in [0.717, 1.165) is 73.0 Å². The monoisotopic (exact) mass is 793 g/mol. The molecule has 0 aliphatic rings. The Morgan fingerprint density at radius 3 is 1.48 bits per heavy atom. The predicted octanol–water partition coefficient (Wildman–Crippen LogP) is 14.8. The van der Waals surface area contributed by atoms with Crippen molar-refractivity contribution in [2.24, 2.45) is 0 Å². The Labute approximate surface area is 360 Å². The zero-order chi connectivity index (χ0) is 41.2. The summed E-state index contributed by atoms with van der Waals surface area (Å²) in [5, 5.41) is 2.43. The molecule has 3 heterocycles. The lowest BCUT2D eigenvalue weighted by molar-refractivity contribution is 1.17. The highest BCUT2D eigenvalue weighted by molar-refractivity contribution is 6.10. The summed E-state index contributed by atoms with van der Waals surface area (Å²) in [5.41, 5.74) is 16.0. The Morgan fingerprint density at radius 1 is 0.339 bits per heavy atom. The van der Waals surface area contributed by atoms with Crippen LogP contribution in [0.3, 0.4) is 0 Å². The number of para-hydroxylation sites is 3. The Kier molecular flexibility index (Phi) is 9.45. The molecule has 0 fully saturated rings. The van der Waals surface area contributed by atoms with E-state index in [1.807, 2.05) is 30.5 Å². The van der Waals surface area contributed by atoms with Crippen LogP contribution >= 0.6 is 0 Å². The molecule has 5 nitrogen and oxygen atoms in total. The summed E-state index contributed by atoms with van der Waals surface area (Å²) in [7, 11) is 0. The van der Waals surface area contributed by atoms with Gasteiger partial charge in [0, 0.05) is 62.6 Å². The number of pyridine rings is 1. The molecule has 0 aliphatic heterocycles. The molecule has 0 saturated carbocycles. The minimum absolute atomic E-state index is 0.691. The standard InChI is InChI=1S/C57H39N5/c1-4-13-44(14-5-1)57-59-53(42-24-22-41(23-25-42)46-15-12-36-58-39-46)38-54(60-57)43-28-33-50(34-29-43)62-55-21-11-10-20-51(55)52-37-45(30-35-56(52)62)40-26-31-49(32-27-40)61(47-16-6-2-7-17-47)48-18-8-3-9-19-48/h1-39H. The lowest BCUT2D eigenvalue weighted by Crippen LogP contribution is -2.09. The molecular weight excluding hydrogens is 755 g/mol. The zero-order valence-corrected chi connectivity index (χ0v) is 33.8. The van der Waals surface area contributed by atoms with Gasteiger partial charge >= 0.3 is 0 Å². The smallest absolute Gasteiger partial charge is 0.160 e. The van der Waals surface area contributed by atoms with Gasteiger partial charge in [-0.05, 0) is 101 Å². The maximum absolute atomic E-state index is 5.11. The summed E-state index contributed by atoms with van der Waals surface area (Å²) in [6.07, 6.45) is 3.68. The first kappa shape index (κ1) is 36.7. The topological polar surface area (TPSA) is 46.8 Å². The van der Waals surface area contributed by atoms with E-state index in [-0.39, 0.29) is 0 Å². The van der Waals surface area contributed by atoms with E-state index >= 15 is 0 Å². The molecule has 0 spiro atoms. The highest BCUT2D eigenvalue weighted by Crippen LogP contribution is 2.38. The molecule has 0 saturated heterocycles. The number of rotatable bonds is 9. The fourth-order valence-electron chi connectivity index (χ4n) is 8.44. The number of anilines is 3. The molecular formula is C57H39N5. The quantitative estimate of drug-likeness (QED) is 0.146. The molecule has 8 aromatic carbocycles. The van der Waals surface area contributed by atoms with Crippen LogP contribution in [0.2, 0.25) is 0 Å². The normalized spacial score (nSPS) is 11.2. The number of nitrogens with zero attached hydrogens (tertiary/aromatic N) is 5. The van der Waals surface area contributed by atoms with E-state index in [1.165, 1.54) is 21.9 Å². The van der Waals surface area contributed by atoms with Gasteiger partial charge < -0.3 is 9.47 Å². The maximum Gasteiger partial charge on any atom is 0.160 e. The van der Waals surface area contributed by atoms with Crippen molar-refractivity contribution in [2.45, 2.75) is 0 Å². The Bertz CT molecular complexity index is 3250. The van der Waals surface area contributed by atoms with Gasteiger partial charge in [-0.15, -0.1) is 0 Å². The minimum atomic E-state index is 0.691. The van der Waals surface area contributed by atoms with Crippen molar-refractivity contribution in [3.05, 3.63) is 237 Å². The van der Waals surface area contributed by atoms with Gasteiger partial charge in [-0.3, -0.25) is 4.98 Å². The van der Waals surface area contributed by atoms with E-state index in [0.29, 0.717) is 5.82 Å². The van der Waals surface area contributed by atoms with E-state index < -0.39 is 0 Å². The van der Waals surface area contributed by atoms with Crippen molar-refractivity contribution < 1.29 is 0 Å². The lowest BCUT2D eigenvalue weighted by Gasteiger charge is -2.25. The second-order valence-corrected chi connectivity index (χ2v) is 15.3. The van der Waals surface area contributed by atoms with Gasteiger partial charge in [0.25, 0.3) is 0 Å². The van der Waals surface area contributed by atoms with Crippen LogP contribution in [0, 0.1) is 0 Å². The van der Waals surface area contributed by atoms with Gasteiger partial charge in [-0.1, -0.05) is 146 Å². The minimum Gasteiger partial charge on any atom is -0.311 e. The summed E-state index contributed by atoms with van der Waals surface area (Å²) in [6, 6.07) is 79.0. The van der Waals surface area contributed by atoms with Crippen LogP contribution in [0.4, 0.5) is 17.1 Å². The van der Waals surface area contributed by atoms with Gasteiger partial charge in [-0.2, -0.15) is 0 Å². The van der Waals surface area contributed by atoms with Crippen molar-refractivity contribution >= 4 is 38.9 Å². The van der Waals surface area contributed by atoms with Crippen molar-refractivity contribution in [1.29, 1.82) is 0 Å². The van der Waals surface area contributed by atoms with E-state index in [9.17, 15) is 0 Å². The average Bonchev–Trinajstić information content (AvgIpc) is 3.69. The van der Waals surface area contributed by atoms with Gasteiger partial charge in [-0.25, -0.2) is 9.97 Å². The number of fused-ring (bicyclic) bond motifs is 3. The Morgan fingerprint density at radius 2 is 0.839 bits per heavy atom. The average molecular weight is 794 g/mol. The summed E-state index contributed by atoms with van der Waals surface area (Å²) < 4.78 is 2.36. The highest BCUT2D eigenvalue weighted by Gasteiger charge is 2.17. The second-order valence-electron chi connectivity index (χ2n) is 15.3. The molecule has 292 valence electrons. The van der Waals surface area contributed by atoms with Crippen molar-refractivity contribution in [2.75, 3.05) is 4.90 Å². The lowest BCUT2D eigenvalue weighted by atomic mass is 10.0. The zero-order valence-electron chi connectivity index (χ0n) is 33.8. The third kappa shape index (κ3) is 6.97. The molecule has 0 amide bonds. The first-order valence-corrected chi connectivity index (χ1v) is 20.8. The van der Waals surface area contributed by atoms with E-state index in [4.69, 9.17) is 9.97 Å². The third-order valence-electron chi connectivity index (χ3n) is 11.5. The maximum atomic E-state index is 5.11. The van der Waals surface area contributed by atoms with Gasteiger partial charge in [0.15, 0.2) is 5.82 Å². The van der Waals surface area contributed by atoms with Gasteiger partial charge in [0.05, 0.1) is 22.4 Å². The fourth-order valence-corrected chi connectivity index (χ4v) is 8.44. The summed E-state index contributed by atoms with van der Waals surface area (Å²) in [4.78, 5) is 16.8. The predicted molar refractivity (Wildman–Crippen MR) is 256 cm³/mol. The van der Waals surface area contributed by atoms with Crippen LogP contribution in [0.25, 0.3) is 83.6 Å². The Balaban J connectivity index is 0.938. The van der Waals surface area contributed by atoms with Crippen LogP contribution in [-0.2, 0) is 0 Å². The molecule has 11 aromatic rings. The van der Waals surface area contributed by atoms with Crippen molar-refractivity contribution in [3.63, 3.8) is 0 Å². The summed E-state index contributed by atoms with van der Waals surface area (Å²) in [6.45, 7) is 0. The van der Waals surface area contributed by atoms with Crippen LogP contribution in [0.15, 0.2) is 237 Å². The molecule has 0 bridgehead atoms. The molecule has 0 N–H and O–H groups in total. The van der Waals surface area contributed by atoms with Crippen molar-refractivity contribution in [3.8, 4) is 61.8 Å². The molecule has 0 atom stereocenters. The van der Waals surface area contributed by atoms with Gasteiger partial charge in [0.1, 0.15) is 0 Å². The van der Waals surface area contributed by atoms with E-state index in [2.05, 4.69) is 215 Å². The van der Waals surface area contributed by atoms with Crippen LogP contribution < -0.4 is 4.90 Å². The molecule has 3 aromatic heterocycles. The number of aromatic nitrogens is 4. The largest absolute Gasteiger partial charge is 0.311 e. The molecule has 0 aliphatic carbocycles. The molecule has 0 unspecified atom stereocenters. The van der Waals surface area contributed by atoms with Crippen molar-refractivity contribution in [1.82, 2.24) is 19.5 Å². The molecule has 0 radical (unpaired) electrons. The summed E-state index contributed by atoms with van der Waals surface area (Å²) in [5.74, 6) is 0.691. The molecule has 11 rings (SSSR count). The van der Waals surface area contributed by atoms with Gasteiger partial charge in [0.2, 0.25) is 0 Å². The molecule has 5 heteroatoms. The number of hydrogen-bond donors (Lipinski definition) is 0. The van der Waals surface area contributed by atoms with E-state index in [1.54, 1.807) is 6.20 Å². The van der Waals surface area contributed by atoms with Crippen LogP contribution in [-0.4, -0.2) is 19.5 Å². The fraction of sp³-hybridized carbons (Fsp3) is 0. The first-order chi connectivity index (χ1) is 30.7. The van der Waals surface area contributed by atoms with Crippen LogP contribution in [0.5, 0.6) is 0 Å². The SMILES string of the molecule is c1ccc(-c2nc(-c3ccc(-c4cccnc4)cc3)cc(-c3ccc(-n4c5ccccc5c5cc(-c6ccc(N(c7ccccc7)c7ccccc7)cc6)ccc54)cc3)n2)cc1. The second kappa shape index (κ2) is 16.0. The molecule has 62 heavy (non-hydrogen) atoms. The highest BCUT2D eigenvalue weighted by atomic mass is 15.1. The summed E-state index contributed by atoms with van der Waals surface area (Å²) >= 11 is 0. The number of benzene rings is 8. The first-order valence-electron chi connectivity index (χ1n) is 20.8. The Hall–Kier alpha value is -8.41. The third-order valence-corrected chi connectivity index (χ3v) is 11.5. The number of hydrogen-bond acceptors (Lipinski definition) is 4. The van der Waals surface area contributed by atoms with Crippen LogP contribution in [0.1, 0.15) is 0 Å².